The van der Waals surface area contributed by atoms with E-state index in [0.29, 0.717) is 45.2 Å². The van der Waals surface area contributed by atoms with Gasteiger partial charge in [0, 0.05) is 24.9 Å². The highest BCUT2D eigenvalue weighted by atomic mass is 35.5. The molecule has 0 aliphatic heterocycles. The molecular weight excluding hydrogens is 413 g/mol. The van der Waals surface area contributed by atoms with E-state index in [2.05, 4.69) is 16.0 Å². The minimum absolute atomic E-state index is 0.00988. The lowest BCUT2D eigenvalue weighted by Crippen LogP contribution is -2.26. The van der Waals surface area contributed by atoms with Crippen molar-refractivity contribution in [3.8, 4) is 0 Å². The fraction of sp³-hybridized carbons (Fsp3) is 0.222. The number of methoxy groups -OCH3 is 1. The Morgan fingerprint density at radius 1 is 1.00 bits per heavy atom. The summed E-state index contributed by atoms with van der Waals surface area (Å²) in [7, 11) is 1.57. The molecule has 3 N–H and O–H groups in total. The van der Waals surface area contributed by atoms with Crippen LogP contribution >= 0.6 is 34.8 Å². The third kappa shape index (κ3) is 6.59. The highest BCUT2D eigenvalue weighted by molar-refractivity contribution is 6.44. The summed E-state index contributed by atoms with van der Waals surface area (Å²) in [4.78, 5) is 24.0. The smallest absolute Gasteiger partial charge is 0.251 e. The van der Waals surface area contributed by atoms with Gasteiger partial charge in [-0.15, -0.1) is 0 Å². The number of hydrogen-bond acceptors (Lipinski definition) is 4. The molecule has 0 bridgehead atoms. The molecule has 0 spiro atoms. The maximum absolute atomic E-state index is 12.1. The second-order valence-corrected chi connectivity index (χ2v) is 6.70. The second-order valence-electron chi connectivity index (χ2n) is 5.47. The number of carbonyl (C=O) groups is 2. The largest absolute Gasteiger partial charge is 0.383 e. The zero-order valence-corrected chi connectivity index (χ0v) is 16.7. The number of rotatable bonds is 8. The molecule has 0 saturated carbocycles. The summed E-state index contributed by atoms with van der Waals surface area (Å²) < 4.78 is 4.88. The molecule has 0 aliphatic carbocycles. The normalized spacial score (nSPS) is 10.4. The lowest BCUT2D eigenvalue weighted by molar-refractivity contribution is -0.114. The van der Waals surface area contributed by atoms with Crippen LogP contribution in [0.1, 0.15) is 10.4 Å². The molecule has 2 rings (SSSR count). The Bertz CT molecular complexity index is 813. The lowest BCUT2D eigenvalue weighted by atomic mass is 10.2. The van der Waals surface area contributed by atoms with Gasteiger partial charge >= 0.3 is 0 Å². The second kappa shape index (κ2) is 10.4. The molecule has 2 amide bonds. The average molecular weight is 431 g/mol. The van der Waals surface area contributed by atoms with Crippen molar-refractivity contribution in [2.24, 2.45) is 0 Å². The van der Waals surface area contributed by atoms with Crippen molar-refractivity contribution in [2.45, 2.75) is 0 Å². The number of carbonyl (C=O) groups excluding carboxylic acids is 2. The van der Waals surface area contributed by atoms with Crippen LogP contribution in [0.3, 0.4) is 0 Å². The van der Waals surface area contributed by atoms with Crippen LogP contribution in [0.25, 0.3) is 0 Å². The maximum atomic E-state index is 12.1. The van der Waals surface area contributed by atoms with E-state index in [1.54, 1.807) is 31.4 Å². The number of ether oxygens (including phenoxy) is 1. The number of halogens is 3. The third-order valence-electron chi connectivity index (χ3n) is 3.48. The van der Waals surface area contributed by atoms with Gasteiger partial charge in [0.15, 0.2) is 0 Å². The molecule has 6 nitrogen and oxygen atoms in total. The Morgan fingerprint density at radius 3 is 2.33 bits per heavy atom. The Kier molecular flexibility index (Phi) is 8.19. The van der Waals surface area contributed by atoms with E-state index in [1.165, 1.54) is 12.1 Å². The van der Waals surface area contributed by atoms with Crippen molar-refractivity contribution in [3.05, 3.63) is 57.0 Å². The molecule has 0 aromatic heterocycles. The van der Waals surface area contributed by atoms with E-state index in [1.807, 2.05) is 0 Å². The van der Waals surface area contributed by atoms with E-state index < -0.39 is 0 Å². The van der Waals surface area contributed by atoms with Crippen molar-refractivity contribution in [1.82, 2.24) is 5.32 Å². The quantitative estimate of drug-likeness (QED) is 0.436. The number of benzene rings is 2. The van der Waals surface area contributed by atoms with Crippen LogP contribution in [0, 0.1) is 0 Å². The van der Waals surface area contributed by atoms with Crippen LogP contribution in [0.5, 0.6) is 0 Å². The average Bonchev–Trinajstić information content (AvgIpc) is 2.65. The van der Waals surface area contributed by atoms with Crippen LogP contribution in [-0.4, -0.2) is 38.6 Å². The van der Waals surface area contributed by atoms with Crippen molar-refractivity contribution < 1.29 is 14.3 Å². The third-order valence-corrected chi connectivity index (χ3v) is 4.51. The van der Waals surface area contributed by atoms with Gasteiger partial charge in [-0.1, -0.05) is 34.8 Å². The Hall–Kier alpha value is -1.99. The highest BCUT2D eigenvalue weighted by Gasteiger charge is 2.10. The molecule has 0 aliphatic rings. The summed E-state index contributed by atoms with van der Waals surface area (Å²) in [5.41, 5.74) is 1.59. The van der Waals surface area contributed by atoms with Gasteiger partial charge in [0.25, 0.3) is 5.91 Å². The summed E-state index contributed by atoms with van der Waals surface area (Å²) in [6.07, 6.45) is 0. The minimum atomic E-state index is -0.309. The summed E-state index contributed by atoms with van der Waals surface area (Å²) in [5.74, 6) is -0.498. The fourth-order valence-electron chi connectivity index (χ4n) is 2.10. The van der Waals surface area contributed by atoms with Crippen LogP contribution in [0.15, 0.2) is 36.4 Å². The summed E-state index contributed by atoms with van der Waals surface area (Å²) in [6.45, 7) is 0.895. The van der Waals surface area contributed by atoms with Crippen molar-refractivity contribution >= 4 is 58.0 Å². The first-order valence-electron chi connectivity index (χ1n) is 7.96. The van der Waals surface area contributed by atoms with Crippen LogP contribution < -0.4 is 16.0 Å². The molecule has 0 radical (unpaired) electrons. The number of hydrogen-bond donors (Lipinski definition) is 3. The predicted octanol–water partition coefficient (Wildman–Crippen LogP) is 4.07. The van der Waals surface area contributed by atoms with E-state index in [4.69, 9.17) is 39.5 Å². The summed E-state index contributed by atoms with van der Waals surface area (Å²) in [6, 6.07) is 9.71. The molecule has 0 saturated heterocycles. The molecule has 2 aromatic rings. The topological polar surface area (TPSA) is 79.5 Å². The number of nitrogens with one attached hydrogen (secondary N) is 3. The molecule has 0 fully saturated rings. The first kappa shape index (κ1) is 21.3. The summed E-state index contributed by atoms with van der Waals surface area (Å²) >= 11 is 17.8. The Labute approximate surface area is 172 Å². The first-order chi connectivity index (χ1) is 12.9. The van der Waals surface area contributed by atoms with Gasteiger partial charge in [-0.25, -0.2) is 0 Å². The molecular formula is C18H18Cl3N3O3. The van der Waals surface area contributed by atoms with Gasteiger partial charge in [0.1, 0.15) is 0 Å². The van der Waals surface area contributed by atoms with Gasteiger partial charge in [0.05, 0.1) is 33.9 Å². The summed E-state index contributed by atoms with van der Waals surface area (Å²) in [5, 5.41) is 9.24. The molecule has 0 unspecified atom stereocenters. The van der Waals surface area contributed by atoms with Crippen molar-refractivity contribution in [2.75, 3.05) is 37.4 Å². The monoisotopic (exact) mass is 429 g/mol. The molecule has 27 heavy (non-hydrogen) atoms. The van der Waals surface area contributed by atoms with E-state index >= 15 is 0 Å². The first-order valence-corrected chi connectivity index (χ1v) is 9.09. The zero-order chi connectivity index (χ0) is 19.8. The molecule has 144 valence electrons. The molecule has 2 aromatic carbocycles. The van der Waals surface area contributed by atoms with Gasteiger partial charge in [-0.3, -0.25) is 9.59 Å². The van der Waals surface area contributed by atoms with Crippen LogP contribution in [0.2, 0.25) is 15.1 Å². The molecule has 0 atom stereocenters. The Morgan fingerprint density at radius 2 is 1.67 bits per heavy atom. The predicted molar refractivity (Wildman–Crippen MR) is 109 cm³/mol. The lowest BCUT2D eigenvalue weighted by Gasteiger charge is -2.11. The number of amides is 2. The van der Waals surface area contributed by atoms with Crippen molar-refractivity contribution in [1.29, 1.82) is 0 Å². The zero-order valence-electron chi connectivity index (χ0n) is 14.4. The molecule has 9 heteroatoms. The molecule has 0 heterocycles. The van der Waals surface area contributed by atoms with Gasteiger partial charge in [-0.2, -0.15) is 0 Å². The minimum Gasteiger partial charge on any atom is -0.383 e. The van der Waals surface area contributed by atoms with Gasteiger partial charge < -0.3 is 20.7 Å². The number of anilines is 2. The fourth-order valence-corrected chi connectivity index (χ4v) is 2.70. The van der Waals surface area contributed by atoms with Crippen molar-refractivity contribution in [3.63, 3.8) is 0 Å². The van der Waals surface area contributed by atoms with Crippen LogP contribution in [-0.2, 0) is 9.53 Å². The highest BCUT2D eigenvalue weighted by Crippen LogP contribution is 2.32. The van der Waals surface area contributed by atoms with E-state index in [-0.39, 0.29) is 18.4 Å². The van der Waals surface area contributed by atoms with Gasteiger partial charge in [-0.05, 0) is 36.4 Å². The van der Waals surface area contributed by atoms with E-state index in [9.17, 15) is 9.59 Å². The van der Waals surface area contributed by atoms with E-state index in [0.717, 1.165) is 0 Å². The Balaban J connectivity index is 1.86. The SMILES string of the molecule is COCCNC(=O)c1ccc(NCC(=O)Nc2cc(Cl)c(Cl)cc2Cl)cc1. The standard InChI is InChI=1S/C18H18Cl3N3O3/c1-27-7-6-22-18(26)11-2-4-12(5-3-11)23-10-17(25)24-16-9-14(20)13(19)8-15(16)21/h2-5,8-9,23H,6-7,10H2,1H3,(H,22,26)(H,24,25). The maximum Gasteiger partial charge on any atom is 0.251 e. The van der Waals surface area contributed by atoms with Crippen LogP contribution in [0.4, 0.5) is 11.4 Å². The van der Waals surface area contributed by atoms with Gasteiger partial charge in [0.2, 0.25) is 5.91 Å².